The number of carbonyl (C=O) groups excluding carboxylic acids is 1. The van der Waals surface area contributed by atoms with Gasteiger partial charge in [-0.2, -0.15) is 13.2 Å². The second-order valence-corrected chi connectivity index (χ2v) is 9.45. The van der Waals surface area contributed by atoms with E-state index in [0.717, 1.165) is 17.1 Å². The van der Waals surface area contributed by atoms with Gasteiger partial charge in [0.25, 0.3) is 5.91 Å². The van der Waals surface area contributed by atoms with Crippen LogP contribution in [0.4, 0.5) is 13.2 Å². The maximum absolute atomic E-state index is 13.5. The zero-order valence-corrected chi connectivity index (χ0v) is 21.4. The van der Waals surface area contributed by atoms with Crippen molar-refractivity contribution in [1.82, 2.24) is 29.9 Å². The van der Waals surface area contributed by atoms with E-state index in [1.165, 1.54) is 19.2 Å². The van der Waals surface area contributed by atoms with Crippen molar-refractivity contribution in [1.29, 1.82) is 0 Å². The molecule has 6 rings (SSSR count). The number of nitrogens with zero attached hydrogens (tertiary/aromatic N) is 6. The summed E-state index contributed by atoms with van der Waals surface area (Å²) < 4.78 is 53.0. The summed E-state index contributed by atoms with van der Waals surface area (Å²) in [4.78, 5) is 23.4. The van der Waals surface area contributed by atoms with Crippen LogP contribution >= 0.6 is 0 Å². The largest absolute Gasteiger partial charge is 0.494 e. The number of likely N-dealkylation sites (tertiary alicyclic amines) is 1. The maximum atomic E-state index is 13.5. The molecular formula is C27H24F3N7O3. The van der Waals surface area contributed by atoms with Gasteiger partial charge in [-0.15, -0.1) is 5.10 Å². The molecule has 1 aliphatic rings. The minimum Gasteiger partial charge on any atom is -0.494 e. The monoisotopic (exact) mass is 551 g/mol. The van der Waals surface area contributed by atoms with Gasteiger partial charge >= 0.3 is 6.18 Å². The minimum atomic E-state index is -4.63. The number of aromatic nitrogens is 5. The average Bonchev–Trinajstić information content (AvgIpc) is 3.60. The van der Waals surface area contributed by atoms with Gasteiger partial charge in [-0.25, -0.2) is 14.6 Å². The Morgan fingerprint density at radius 3 is 2.60 bits per heavy atom. The summed E-state index contributed by atoms with van der Waals surface area (Å²) in [5, 5.41) is 8.87. The third-order valence-corrected chi connectivity index (χ3v) is 7.12. The molecule has 1 aliphatic heterocycles. The van der Waals surface area contributed by atoms with Crippen LogP contribution in [-0.4, -0.2) is 56.0 Å². The fourth-order valence-electron chi connectivity index (χ4n) is 5.09. The lowest BCUT2D eigenvalue weighted by molar-refractivity contribution is -0.140. The molecule has 0 radical (unpaired) electrons. The van der Waals surface area contributed by atoms with E-state index < -0.39 is 11.9 Å². The van der Waals surface area contributed by atoms with E-state index in [9.17, 15) is 18.0 Å². The smallest absolute Gasteiger partial charge is 0.433 e. The molecule has 2 N–H and O–H groups in total. The van der Waals surface area contributed by atoms with Crippen LogP contribution in [0.1, 0.15) is 40.8 Å². The molecule has 206 valence electrons. The number of para-hydroxylation sites is 1. The van der Waals surface area contributed by atoms with Gasteiger partial charge in [0.05, 0.1) is 25.2 Å². The van der Waals surface area contributed by atoms with E-state index in [2.05, 4.69) is 20.3 Å². The number of methoxy groups -OCH3 is 1. The molecule has 0 saturated carbocycles. The predicted molar refractivity (Wildman–Crippen MR) is 138 cm³/mol. The highest BCUT2D eigenvalue weighted by Gasteiger charge is 2.34. The third-order valence-electron chi connectivity index (χ3n) is 7.12. The predicted octanol–water partition coefficient (Wildman–Crippen LogP) is 4.60. The Labute approximate surface area is 225 Å². The van der Waals surface area contributed by atoms with Crippen LogP contribution in [-0.2, 0) is 12.7 Å². The maximum Gasteiger partial charge on any atom is 0.433 e. The number of ether oxygens (including phenoxy) is 1. The van der Waals surface area contributed by atoms with Gasteiger partial charge in [-0.3, -0.25) is 4.79 Å². The topological polar surface area (TPSA) is 125 Å². The zero-order valence-electron chi connectivity index (χ0n) is 21.4. The first-order valence-electron chi connectivity index (χ1n) is 12.6. The van der Waals surface area contributed by atoms with Gasteiger partial charge in [-0.1, -0.05) is 17.3 Å². The average molecular weight is 552 g/mol. The molecule has 5 aromatic rings. The van der Waals surface area contributed by atoms with Crippen molar-refractivity contribution in [3.8, 4) is 17.2 Å². The van der Waals surface area contributed by atoms with Crippen LogP contribution in [0, 0.1) is 0 Å². The summed E-state index contributed by atoms with van der Waals surface area (Å²) in [7, 11) is 1.35. The molecule has 0 unspecified atom stereocenters. The van der Waals surface area contributed by atoms with Crippen molar-refractivity contribution in [2.24, 2.45) is 5.73 Å². The fourth-order valence-corrected chi connectivity index (χ4v) is 5.09. The number of carbonyl (C=O) groups is 1. The van der Waals surface area contributed by atoms with E-state index in [-0.39, 0.29) is 47.1 Å². The quantitative estimate of drug-likeness (QED) is 0.336. The highest BCUT2D eigenvalue weighted by Crippen LogP contribution is 2.37. The minimum absolute atomic E-state index is 0.00194. The number of oxazole rings is 1. The van der Waals surface area contributed by atoms with Gasteiger partial charge < -0.3 is 19.8 Å². The number of nitrogens with two attached hydrogens (primary N) is 1. The Kier molecular flexibility index (Phi) is 6.37. The highest BCUT2D eigenvalue weighted by molar-refractivity contribution is 5.98. The summed E-state index contributed by atoms with van der Waals surface area (Å²) >= 11 is 0. The number of hydrogen-bond acceptors (Lipinski definition) is 8. The van der Waals surface area contributed by atoms with Crippen molar-refractivity contribution in [3.05, 3.63) is 65.7 Å². The molecule has 1 saturated heterocycles. The first kappa shape index (κ1) is 25.7. The van der Waals surface area contributed by atoms with Crippen LogP contribution in [0.5, 0.6) is 5.75 Å². The first-order valence-corrected chi connectivity index (χ1v) is 12.6. The first-order chi connectivity index (χ1) is 19.3. The summed E-state index contributed by atoms with van der Waals surface area (Å²) in [6, 6.07) is 13.1. The van der Waals surface area contributed by atoms with E-state index in [1.54, 1.807) is 11.0 Å². The standard InChI is InChI=1S/C27H24F3N7O3/c1-39-20-8-6-17(16-7-9-22(27(28,29)30)32-23(16)20)25-33-24(21(14-31)40-25)26(38)36-12-10-15(11-13-36)37-19-5-3-2-4-18(19)34-35-37/h2-9,15H,10-14,31H2,1H3. The molecule has 0 atom stereocenters. The van der Waals surface area contributed by atoms with E-state index in [0.29, 0.717) is 36.9 Å². The Morgan fingerprint density at radius 2 is 1.88 bits per heavy atom. The number of benzene rings is 2. The zero-order chi connectivity index (χ0) is 28.0. The van der Waals surface area contributed by atoms with Crippen LogP contribution < -0.4 is 10.5 Å². The second kappa shape index (κ2) is 9.90. The molecule has 1 fully saturated rings. The molecule has 40 heavy (non-hydrogen) atoms. The lowest BCUT2D eigenvalue weighted by atomic mass is 10.0. The molecular weight excluding hydrogens is 527 g/mol. The van der Waals surface area contributed by atoms with Gasteiger partial charge in [0.1, 0.15) is 22.5 Å². The molecule has 13 heteroatoms. The van der Waals surface area contributed by atoms with E-state index in [1.807, 2.05) is 28.9 Å². The Hall–Kier alpha value is -4.52. The lowest BCUT2D eigenvalue weighted by Crippen LogP contribution is -2.39. The van der Waals surface area contributed by atoms with Gasteiger partial charge in [-0.05, 0) is 49.2 Å². The van der Waals surface area contributed by atoms with Crippen LogP contribution in [0.2, 0.25) is 0 Å². The van der Waals surface area contributed by atoms with Gasteiger partial charge in [0, 0.05) is 24.0 Å². The van der Waals surface area contributed by atoms with Crippen LogP contribution in [0.25, 0.3) is 33.4 Å². The second-order valence-electron chi connectivity index (χ2n) is 9.45. The van der Waals surface area contributed by atoms with E-state index >= 15 is 0 Å². The van der Waals surface area contributed by atoms with Crippen LogP contribution in [0.3, 0.4) is 0 Å². The molecule has 0 bridgehead atoms. The number of rotatable bonds is 5. The number of amides is 1. The molecule has 0 aliphatic carbocycles. The molecule has 3 aromatic heterocycles. The Balaban J connectivity index is 1.28. The number of alkyl halides is 3. The fraction of sp³-hybridized carbons (Fsp3) is 0.296. The van der Waals surface area contributed by atoms with Crippen molar-refractivity contribution < 1.29 is 27.1 Å². The number of fused-ring (bicyclic) bond motifs is 2. The summed E-state index contributed by atoms with van der Waals surface area (Å²) in [5.74, 6) is 0.0812. The highest BCUT2D eigenvalue weighted by atomic mass is 19.4. The summed E-state index contributed by atoms with van der Waals surface area (Å²) in [5.41, 5.74) is 7.04. The number of hydrogen-bond donors (Lipinski definition) is 1. The van der Waals surface area contributed by atoms with Crippen molar-refractivity contribution in [2.45, 2.75) is 31.6 Å². The van der Waals surface area contributed by atoms with E-state index in [4.69, 9.17) is 14.9 Å². The summed E-state index contributed by atoms with van der Waals surface area (Å²) in [6.07, 6.45) is -3.27. The SMILES string of the molecule is COc1ccc(-c2nc(C(=O)N3CCC(n4nnc5ccccc54)CC3)c(CN)o2)c2ccc(C(F)(F)F)nc12. The normalized spacial score (nSPS) is 14.8. The lowest BCUT2D eigenvalue weighted by Gasteiger charge is -2.31. The van der Waals surface area contributed by atoms with Crippen LogP contribution in [0.15, 0.2) is 52.9 Å². The molecule has 4 heterocycles. The Bertz CT molecular complexity index is 1720. The molecule has 1 amide bonds. The Morgan fingerprint density at radius 1 is 1.10 bits per heavy atom. The molecule has 2 aromatic carbocycles. The van der Waals surface area contributed by atoms with Crippen molar-refractivity contribution >= 4 is 27.8 Å². The summed E-state index contributed by atoms with van der Waals surface area (Å²) in [6.45, 7) is 0.860. The van der Waals surface area contributed by atoms with Crippen molar-refractivity contribution in [3.63, 3.8) is 0 Å². The number of halogens is 3. The van der Waals surface area contributed by atoms with Crippen molar-refractivity contribution in [2.75, 3.05) is 20.2 Å². The number of pyridine rings is 1. The number of piperidine rings is 1. The third kappa shape index (κ3) is 4.41. The molecule has 0 spiro atoms. The van der Waals surface area contributed by atoms with Gasteiger partial charge in [0.2, 0.25) is 5.89 Å². The molecule has 10 nitrogen and oxygen atoms in total. The van der Waals surface area contributed by atoms with Gasteiger partial charge in [0.15, 0.2) is 11.5 Å².